The summed E-state index contributed by atoms with van der Waals surface area (Å²) >= 11 is 5.93. The maximum absolute atomic E-state index is 5.93. The molecule has 1 rings (SSSR count). The highest BCUT2D eigenvalue weighted by atomic mass is 35.5. The summed E-state index contributed by atoms with van der Waals surface area (Å²) in [6.45, 7) is 3.71. The lowest BCUT2D eigenvalue weighted by Crippen LogP contribution is -2.28. The number of allylic oxidation sites excluding steroid dienone is 1. The van der Waals surface area contributed by atoms with Gasteiger partial charge in [0.05, 0.1) is 7.11 Å². The molecule has 1 atom stereocenters. The predicted octanol–water partition coefficient (Wildman–Crippen LogP) is 3.21. The van der Waals surface area contributed by atoms with Gasteiger partial charge < -0.3 is 4.74 Å². The van der Waals surface area contributed by atoms with Crippen molar-refractivity contribution in [2.75, 3.05) is 7.11 Å². The summed E-state index contributed by atoms with van der Waals surface area (Å²) in [7, 11) is 1.63. The first kappa shape index (κ1) is 14.0. The first-order valence-corrected chi connectivity index (χ1v) is 6.01. The summed E-state index contributed by atoms with van der Waals surface area (Å²) in [5, 5.41) is 0.660. The smallest absolute Gasteiger partial charge is 0.125 e. The second kappa shape index (κ2) is 7.33. The molecule has 0 aliphatic rings. The predicted molar refractivity (Wildman–Crippen MR) is 72.1 cm³/mol. The van der Waals surface area contributed by atoms with Gasteiger partial charge in [-0.05, 0) is 31.4 Å². The molecule has 1 aromatic rings. The van der Waals surface area contributed by atoms with E-state index in [-0.39, 0.29) is 6.04 Å². The Labute approximate surface area is 108 Å². The number of hydrogen-bond donors (Lipinski definition) is 2. The van der Waals surface area contributed by atoms with Crippen LogP contribution in [0.25, 0.3) is 0 Å². The van der Waals surface area contributed by atoms with Crippen molar-refractivity contribution in [3.63, 3.8) is 0 Å². The van der Waals surface area contributed by atoms with Crippen LogP contribution in [0.1, 0.15) is 30.9 Å². The van der Waals surface area contributed by atoms with Crippen molar-refractivity contribution >= 4 is 11.6 Å². The molecule has 0 aliphatic heterocycles. The van der Waals surface area contributed by atoms with Gasteiger partial charge in [-0.3, -0.25) is 11.3 Å². The molecule has 94 valence electrons. The van der Waals surface area contributed by atoms with Crippen molar-refractivity contribution in [2.45, 2.75) is 25.3 Å². The zero-order valence-corrected chi connectivity index (χ0v) is 10.8. The highest BCUT2D eigenvalue weighted by molar-refractivity contribution is 6.30. The van der Waals surface area contributed by atoms with Gasteiger partial charge in [0.25, 0.3) is 0 Å². The zero-order chi connectivity index (χ0) is 12.7. The summed E-state index contributed by atoms with van der Waals surface area (Å²) in [5.74, 6) is 6.35. The standard InChI is InChI=1S/C13H19ClN2O/c1-3-4-5-6-12(16-15)11-8-7-10(14)9-13(11)17-2/h3,7-9,12,16H,1,4-6,15H2,2H3. The number of unbranched alkanes of at least 4 members (excludes halogenated alkanes) is 1. The lowest BCUT2D eigenvalue weighted by molar-refractivity contribution is 0.394. The topological polar surface area (TPSA) is 47.3 Å². The average Bonchev–Trinajstić information content (AvgIpc) is 2.35. The van der Waals surface area contributed by atoms with E-state index in [4.69, 9.17) is 22.2 Å². The van der Waals surface area contributed by atoms with Gasteiger partial charge in [0.2, 0.25) is 0 Å². The molecule has 3 nitrogen and oxygen atoms in total. The van der Waals surface area contributed by atoms with Crippen LogP contribution in [0.2, 0.25) is 5.02 Å². The maximum atomic E-state index is 5.93. The summed E-state index contributed by atoms with van der Waals surface area (Å²) in [5.41, 5.74) is 3.85. The minimum atomic E-state index is 0.0715. The fourth-order valence-electron chi connectivity index (χ4n) is 1.77. The number of hydrogen-bond acceptors (Lipinski definition) is 3. The van der Waals surface area contributed by atoms with Crippen LogP contribution in [0.5, 0.6) is 5.75 Å². The summed E-state index contributed by atoms with van der Waals surface area (Å²) in [6.07, 6.45) is 4.85. The molecule has 3 N–H and O–H groups in total. The number of ether oxygens (including phenoxy) is 1. The van der Waals surface area contributed by atoms with Gasteiger partial charge in [-0.15, -0.1) is 6.58 Å². The van der Waals surface area contributed by atoms with Crippen LogP contribution in [0, 0.1) is 0 Å². The lowest BCUT2D eigenvalue weighted by atomic mass is 10.0. The Morgan fingerprint density at radius 1 is 1.59 bits per heavy atom. The first-order chi connectivity index (χ1) is 8.22. The number of nitrogens with two attached hydrogens (primary N) is 1. The number of halogens is 1. The molecule has 0 aromatic heterocycles. The Morgan fingerprint density at radius 2 is 2.35 bits per heavy atom. The lowest BCUT2D eigenvalue weighted by Gasteiger charge is -2.19. The number of rotatable bonds is 7. The molecule has 0 radical (unpaired) electrons. The van der Waals surface area contributed by atoms with Crippen molar-refractivity contribution in [1.29, 1.82) is 0 Å². The normalized spacial score (nSPS) is 12.2. The van der Waals surface area contributed by atoms with Crippen LogP contribution in [0.3, 0.4) is 0 Å². The number of benzene rings is 1. The van der Waals surface area contributed by atoms with Gasteiger partial charge in [0.15, 0.2) is 0 Å². The SMILES string of the molecule is C=CCCCC(NN)c1ccc(Cl)cc1OC. The number of nitrogens with one attached hydrogen (secondary N) is 1. The molecule has 1 unspecified atom stereocenters. The molecular formula is C13H19ClN2O. The van der Waals surface area contributed by atoms with E-state index < -0.39 is 0 Å². The Bertz CT molecular complexity index is 368. The third-order valence-electron chi connectivity index (χ3n) is 2.67. The first-order valence-electron chi connectivity index (χ1n) is 5.63. The third-order valence-corrected chi connectivity index (χ3v) is 2.91. The highest BCUT2D eigenvalue weighted by Gasteiger charge is 2.14. The minimum Gasteiger partial charge on any atom is -0.496 e. The van der Waals surface area contributed by atoms with E-state index in [1.54, 1.807) is 13.2 Å². The molecular weight excluding hydrogens is 236 g/mol. The van der Waals surface area contributed by atoms with Crippen LogP contribution in [0.4, 0.5) is 0 Å². The van der Waals surface area contributed by atoms with Crippen molar-refractivity contribution in [3.8, 4) is 5.75 Å². The van der Waals surface area contributed by atoms with Crippen molar-refractivity contribution < 1.29 is 4.74 Å². The van der Waals surface area contributed by atoms with E-state index >= 15 is 0 Å². The Hall–Kier alpha value is -1.03. The van der Waals surface area contributed by atoms with Crippen LogP contribution >= 0.6 is 11.6 Å². The van der Waals surface area contributed by atoms with Crippen LogP contribution in [-0.4, -0.2) is 7.11 Å². The van der Waals surface area contributed by atoms with Crippen molar-refractivity contribution in [3.05, 3.63) is 41.4 Å². The van der Waals surface area contributed by atoms with Gasteiger partial charge in [0.1, 0.15) is 5.75 Å². The highest BCUT2D eigenvalue weighted by Crippen LogP contribution is 2.30. The molecule has 0 spiro atoms. The van der Waals surface area contributed by atoms with Gasteiger partial charge in [-0.1, -0.05) is 23.7 Å². The van der Waals surface area contributed by atoms with E-state index in [0.29, 0.717) is 5.02 Å². The molecule has 17 heavy (non-hydrogen) atoms. The molecule has 0 bridgehead atoms. The van der Waals surface area contributed by atoms with Gasteiger partial charge in [-0.25, -0.2) is 0 Å². The van der Waals surface area contributed by atoms with Gasteiger partial charge in [0, 0.05) is 16.6 Å². The largest absolute Gasteiger partial charge is 0.496 e. The average molecular weight is 255 g/mol. The van der Waals surface area contributed by atoms with E-state index in [2.05, 4.69) is 12.0 Å². The van der Waals surface area contributed by atoms with E-state index in [0.717, 1.165) is 30.6 Å². The monoisotopic (exact) mass is 254 g/mol. The molecule has 0 aliphatic carbocycles. The van der Waals surface area contributed by atoms with Gasteiger partial charge >= 0.3 is 0 Å². The molecule has 0 saturated carbocycles. The van der Waals surface area contributed by atoms with Crippen LogP contribution in [0.15, 0.2) is 30.9 Å². The fraction of sp³-hybridized carbons (Fsp3) is 0.385. The van der Waals surface area contributed by atoms with Gasteiger partial charge in [-0.2, -0.15) is 0 Å². The van der Waals surface area contributed by atoms with E-state index in [9.17, 15) is 0 Å². The Balaban J connectivity index is 2.82. The molecule has 0 amide bonds. The fourth-order valence-corrected chi connectivity index (χ4v) is 1.93. The second-order valence-electron chi connectivity index (χ2n) is 3.83. The maximum Gasteiger partial charge on any atom is 0.125 e. The Kier molecular flexibility index (Phi) is 6.05. The summed E-state index contributed by atoms with van der Waals surface area (Å²) in [4.78, 5) is 0. The molecule has 0 heterocycles. The molecule has 0 fully saturated rings. The minimum absolute atomic E-state index is 0.0715. The zero-order valence-electron chi connectivity index (χ0n) is 10.1. The number of hydrazine groups is 1. The Morgan fingerprint density at radius 3 is 2.94 bits per heavy atom. The third kappa shape index (κ3) is 4.04. The molecule has 4 heteroatoms. The molecule has 0 saturated heterocycles. The molecule has 1 aromatic carbocycles. The quantitative estimate of drug-likeness (QED) is 0.340. The van der Waals surface area contributed by atoms with Crippen LogP contribution < -0.4 is 16.0 Å². The summed E-state index contributed by atoms with van der Waals surface area (Å²) < 4.78 is 5.32. The number of methoxy groups -OCH3 is 1. The van der Waals surface area contributed by atoms with Crippen molar-refractivity contribution in [1.82, 2.24) is 5.43 Å². The van der Waals surface area contributed by atoms with E-state index in [1.807, 2.05) is 18.2 Å². The van der Waals surface area contributed by atoms with E-state index in [1.165, 1.54) is 0 Å². The second-order valence-corrected chi connectivity index (χ2v) is 4.26. The van der Waals surface area contributed by atoms with Crippen LogP contribution in [-0.2, 0) is 0 Å². The summed E-state index contributed by atoms with van der Waals surface area (Å²) in [6, 6.07) is 5.66. The van der Waals surface area contributed by atoms with Crippen molar-refractivity contribution in [2.24, 2.45) is 5.84 Å².